The Labute approximate surface area is 109 Å². The number of aromatic nitrogens is 3. The number of carboxylic acid groups (broad SMARTS) is 1. The molecule has 0 aliphatic carbocycles. The molecule has 8 heteroatoms. The quantitative estimate of drug-likeness (QED) is 0.887. The molecule has 2 aromatic rings. The van der Waals surface area contributed by atoms with Crippen molar-refractivity contribution in [3.8, 4) is 0 Å². The fraction of sp³-hybridized carbons (Fsp3) is 0.364. The predicted molar refractivity (Wildman–Crippen MR) is 68.9 cm³/mol. The fourth-order valence-corrected chi connectivity index (χ4v) is 2.99. The van der Waals surface area contributed by atoms with Crippen molar-refractivity contribution < 1.29 is 18.3 Å². The average Bonchev–Trinajstić information content (AvgIpc) is 2.69. The van der Waals surface area contributed by atoms with Crippen molar-refractivity contribution in [3.63, 3.8) is 0 Å². The van der Waals surface area contributed by atoms with Gasteiger partial charge in [-0.25, -0.2) is 17.9 Å². The molecule has 0 fully saturated rings. The largest absolute Gasteiger partial charge is 0.478 e. The molecule has 0 spiro atoms. The topological polar surface area (TPSA) is 102 Å². The van der Waals surface area contributed by atoms with E-state index in [2.05, 4.69) is 10.3 Å². The van der Waals surface area contributed by atoms with E-state index in [0.717, 1.165) is 6.26 Å². The first kappa shape index (κ1) is 13.5. The summed E-state index contributed by atoms with van der Waals surface area (Å²) < 4.78 is 24.0. The highest BCUT2D eigenvalue weighted by molar-refractivity contribution is 7.90. The van der Waals surface area contributed by atoms with Crippen LogP contribution in [0.15, 0.2) is 18.2 Å². The Hall–Kier alpha value is -1.96. The van der Waals surface area contributed by atoms with Gasteiger partial charge in [0.15, 0.2) is 0 Å². The van der Waals surface area contributed by atoms with E-state index < -0.39 is 21.8 Å². The summed E-state index contributed by atoms with van der Waals surface area (Å²) in [5.41, 5.74) is 0.821. The minimum atomic E-state index is -3.15. The van der Waals surface area contributed by atoms with Crippen molar-refractivity contribution in [2.45, 2.75) is 13.0 Å². The third kappa shape index (κ3) is 2.73. The van der Waals surface area contributed by atoms with Gasteiger partial charge in [-0.05, 0) is 19.1 Å². The normalized spacial score (nSPS) is 13.6. The summed E-state index contributed by atoms with van der Waals surface area (Å²) >= 11 is 0. The molecule has 0 radical (unpaired) electrons. The minimum absolute atomic E-state index is 0.0512. The second kappa shape index (κ2) is 4.61. The second-order valence-electron chi connectivity index (χ2n) is 4.45. The summed E-state index contributed by atoms with van der Waals surface area (Å²) in [5, 5.41) is 16.7. The number of rotatable bonds is 4. The zero-order valence-electron chi connectivity index (χ0n) is 10.4. The van der Waals surface area contributed by atoms with E-state index in [-0.39, 0.29) is 16.8 Å². The zero-order chi connectivity index (χ0) is 14.2. The average molecular weight is 283 g/mol. The lowest BCUT2D eigenvalue weighted by Crippen LogP contribution is -2.17. The third-order valence-electron chi connectivity index (χ3n) is 2.69. The van der Waals surface area contributed by atoms with Crippen LogP contribution in [0.1, 0.15) is 23.3 Å². The maximum absolute atomic E-state index is 11.3. The van der Waals surface area contributed by atoms with E-state index in [1.807, 2.05) is 0 Å². The van der Waals surface area contributed by atoms with Crippen molar-refractivity contribution >= 4 is 26.8 Å². The van der Waals surface area contributed by atoms with Gasteiger partial charge in [-0.3, -0.25) is 0 Å². The first-order valence-corrected chi connectivity index (χ1v) is 7.60. The Morgan fingerprint density at radius 2 is 2.16 bits per heavy atom. The molecule has 102 valence electrons. The maximum Gasteiger partial charge on any atom is 0.338 e. The standard InChI is InChI=1S/C11H13N3O4S/c1-7(6-19(2,17)18)14-9-5-3-4-8(11(15)16)10(9)12-13-14/h3-5,7H,6H2,1-2H3,(H,15,16). The molecule has 2 rings (SSSR count). The highest BCUT2D eigenvalue weighted by Crippen LogP contribution is 2.20. The molecule has 0 saturated heterocycles. The summed E-state index contributed by atoms with van der Waals surface area (Å²) in [6, 6.07) is 4.27. The first-order valence-electron chi connectivity index (χ1n) is 5.54. The number of fused-ring (bicyclic) bond motifs is 1. The lowest BCUT2D eigenvalue weighted by molar-refractivity contribution is 0.0699. The molecule has 0 bridgehead atoms. The summed E-state index contributed by atoms with van der Waals surface area (Å²) in [7, 11) is -3.15. The molecule has 1 aromatic heterocycles. The van der Waals surface area contributed by atoms with Crippen LogP contribution in [0.4, 0.5) is 0 Å². The van der Waals surface area contributed by atoms with Crippen LogP contribution in [0.25, 0.3) is 11.0 Å². The molecule has 1 heterocycles. The molecule has 0 aliphatic heterocycles. The number of carbonyl (C=O) groups is 1. The van der Waals surface area contributed by atoms with Crippen LogP contribution in [0, 0.1) is 0 Å². The van der Waals surface area contributed by atoms with E-state index in [9.17, 15) is 13.2 Å². The molecule has 0 amide bonds. The molecule has 1 unspecified atom stereocenters. The van der Waals surface area contributed by atoms with Gasteiger partial charge in [-0.2, -0.15) is 0 Å². The Morgan fingerprint density at radius 3 is 2.74 bits per heavy atom. The molecule has 1 N–H and O–H groups in total. The first-order chi connectivity index (χ1) is 8.79. The summed E-state index contributed by atoms with van der Waals surface area (Å²) in [5.74, 6) is -1.17. The highest BCUT2D eigenvalue weighted by atomic mass is 32.2. The zero-order valence-corrected chi connectivity index (χ0v) is 11.3. The van der Waals surface area contributed by atoms with Gasteiger partial charge in [0.1, 0.15) is 15.4 Å². The number of sulfone groups is 1. The van der Waals surface area contributed by atoms with Crippen molar-refractivity contribution in [2.24, 2.45) is 0 Å². The van der Waals surface area contributed by atoms with E-state index in [4.69, 9.17) is 5.11 Å². The maximum atomic E-state index is 11.3. The van der Waals surface area contributed by atoms with E-state index in [0.29, 0.717) is 5.52 Å². The van der Waals surface area contributed by atoms with Gasteiger partial charge in [-0.1, -0.05) is 11.3 Å². The fourth-order valence-electron chi connectivity index (χ4n) is 1.97. The van der Waals surface area contributed by atoms with E-state index >= 15 is 0 Å². The summed E-state index contributed by atoms with van der Waals surface area (Å²) in [6.07, 6.45) is 1.14. The van der Waals surface area contributed by atoms with Gasteiger partial charge in [-0.15, -0.1) is 5.10 Å². The van der Waals surface area contributed by atoms with E-state index in [1.165, 1.54) is 10.7 Å². The van der Waals surface area contributed by atoms with Gasteiger partial charge in [0, 0.05) is 6.26 Å². The Bertz CT molecular complexity index is 735. The molecule has 7 nitrogen and oxygen atoms in total. The molecule has 0 saturated carbocycles. The number of aromatic carboxylic acids is 1. The van der Waals surface area contributed by atoms with Crippen molar-refractivity contribution in [3.05, 3.63) is 23.8 Å². The molecular formula is C11H13N3O4S. The SMILES string of the molecule is CC(CS(C)(=O)=O)n1nnc2c(C(=O)O)cccc21. The number of nitrogens with zero attached hydrogens (tertiary/aromatic N) is 3. The smallest absolute Gasteiger partial charge is 0.338 e. The van der Waals surface area contributed by atoms with Gasteiger partial charge < -0.3 is 5.11 Å². The molecule has 1 aromatic carbocycles. The number of benzene rings is 1. The van der Waals surface area contributed by atoms with Crippen LogP contribution in [-0.2, 0) is 9.84 Å². The van der Waals surface area contributed by atoms with Crippen molar-refractivity contribution in [1.29, 1.82) is 0 Å². The molecule has 19 heavy (non-hydrogen) atoms. The van der Waals surface area contributed by atoms with Crippen LogP contribution in [0.3, 0.4) is 0 Å². The van der Waals surface area contributed by atoms with Crippen LogP contribution < -0.4 is 0 Å². The van der Waals surface area contributed by atoms with Crippen LogP contribution in [0.2, 0.25) is 0 Å². The number of hydrogen-bond donors (Lipinski definition) is 1. The third-order valence-corrected chi connectivity index (χ3v) is 3.78. The van der Waals surface area contributed by atoms with Crippen LogP contribution in [-0.4, -0.2) is 46.5 Å². The predicted octanol–water partition coefficient (Wildman–Crippen LogP) is 0.735. The van der Waals surface area contributed by atoms with Crippen LogP contribution >= 0.6 is 0 Å². The Morgan fingerprint density at radius 1 is 1.47 bits per heavy atom. The lowest BCUT2D eigenvalue weighted by atomic mass is 10.2. The number of hydrogen-bond acceptors (Lipinski definition) is 5. The van der Waals surface area contributed by atoms with Gasteiger partial charge >= 0.3 is 5.97 Å². The summed E-state index contributed by atoms with van der Waals surface area (Å²) in [4.78, 5) is 11.0. The second-order valence-corrected chi connectivity index (χ2v) is 6.64. The minimum Gasteiger partial charge on any atom is -0.478 e. The molecule has 0 aliphatic rings. The Balaban J connectivity index is 2.52. The highest BCUT2D eigenvalue weighted by Gasteiger charge is 2.19. The lowest BCUT2D eigenvalue weighted by Gasteiger charge is -2.10. The van der Waals surface area contributed by atoms with Gasteiger partial charge in [0.25, 0.3) is 0 Å². The summed E-state index contributed by atoms with van der Waals surface area (Å²) in [6.45, 7) is 1.70. The molecular weight excluding hydrogens is 270 g/mol. The molecule has 1 atom stereocenters. The monoisotopic (exact) mass is 283 g/mol. The Kier molecular flexibility index (Phi) is 3.27. The van der Waals surface area contributed by atoms with Gasteiger partial charge in [0.2, 0.25) is 0 Å². The number of carboxylic acids is 1. The van der Waals surface area contributed by atoms with Crippen molar-refractivity contribution in [2.75, 3.05) is 12.0 Å². The van der Waals surface area contributed by atoms with E-state index in [1.54, 1.807) is 19.1 Å². The van der Waals surface area contributed by atoms with Crippen molar-refractivity contribution in [1.82, 2.24) is 15.0 Å². The van der Waals surface area contributed by atoms with Gasteiger partial charge in [0.05, 0.1) is 22.9 Å². The van der Waals surface area contributed by atoms with Crippen LogP contribution in [0.5, 0.6) is 0 Å².